The molecule has 2 fully saturated rings. The van der Waals surface area contributed by atoms with E-state index in [0.29, 0.717) is 38.3 Å². The molecule has 0 aromatic carbocycles. The number of carboxylic acid groups (broad SMARTS) is 1. The second kappa shape index (κ2) is 14.0. The van der Waals surface area contributed by atoms with Crippen molar-refractivity contribution in [3.05, 3.63) is 41.7 Å². The first-order chi connectivity index (χ1) is 19.3. The minimum Gasteiger partial charge on any atom is -0.479 e. The van der Waals surface area contributed by atoms with Crippen LogP contribution in [0.2, 0.25) is 0 Å². The lowest BCUT2D eigenvalue weighted by Gasteiger charge is -2.31. The summed E-state index contributed by atoms with van der Waals surface area (Å²) in [5.74, 6) is 0.432. The Morgan fingerprint density at radius 1 is 1.25 bits per heavy atom. The van der Waals surface area contributed by atoms with E-state index in [1.54, 1.807) is 6.92 Å². The van der Waals surface area contributed by atoms with Crippen molar-refractivity contribution in [2.24, 2.45) is 11.3 Å². The summed E-state index contributed by atoms with van der Waals surface area (Å²) in [5.41, 5.74) is 3.77. The van der Waals surface area contributed by atoms with Crippen LogP contribution in [-0.2, 0) is 20.7 Å². The molecule has 2 atom stereocenters. The highest BCUT2D eigenvalue weighted by Gasteiger charge is 2.32. The molecule has 0 spiro atoms. The number of carboxylic acids is 1. The van der Waals surface area contributed by atoms with Crippen molar-refractivity contribution >= 4 is 11.8 Å². The minimum atomic E-state index is -0.931. The molecular formula is C31H43N5O4. The number of ether oxygens (including phenoxy) is 2. The van der Waals surface area contributed by atoms with Gasteiger partial charge in [0.05, 0.1) is 23.8 Å². The normalized spacial score (nSPS) is 22.1. The summed E-state index contributed by atoms with van der Waals surface area (Å²) in [7, 11) is 0. The largest absolute Gasteiger partial charge is 0.479 e. The van der Waals surface area contributed by atoms with E-state index < -0.39 is 17.5 Å². The zero-order valence-corrected chi connectivity index (χ0v) is 24.0. The molecule has 3 heterocycles. The van der Waals surface area contributed by atoms with Crippen molar-refractivity contribution in [1.82, 2.24) is 15.3 Å². The third-order valence-corrected chi connectivity index (χ3v) is 8.29. The van der Waals surface area contributed by atoms with E-state index in [-0.39, 0.29) is 6.04 Å². The second-order valence-corrected chi connectivity index (χ2v) is 11.6. The number of anilines is 1. The Bertz CT molecular complexity index is 1170. The molecule has 3 N–H and O–H groups in total. The van der Waals surface area contributed by atoms with Crippen molar-refractivity contribution in [2.75, 3.05) is 31.7 Å². The zero-order chi connectivity index (χ0) is 28.5. The molecule has 0 bridgehead atoms. The molecule has 40 heavy (non-hydrogen) atoms. The van der Waals surface area contributed by atoms with Crippen LogP contribution in [0.1, 0.15) is 63.6 Å². The van der Waals surface area contributed by atoms with E-state index >= 15 is 0 Å². The Kier molecular flexibility index (Phi) is 10.5. The van der Waals surface area contributed by atoms with Crippen molar-refractivity contribution in [2.45, 2.75) is 83.9 Å². The lowest BCUT2D eigenvalue weighted by atomic mass is 9.82. The molecule has 216 valence electrons. The molecule has 4 rings (SSSR count). The minimum absolute atomic E-state index is 0.115. The van der Waals surface area contributed by atoms with Gasteiger partial charge in [-0.3, -0.25) is 4.98 Å². The van der Waals surface area contributed by atoms with Gasteiger partial charge in [-0.05, 0) is 95.4 Å². The van der Waals surface area contributed by atoms with Gasteiger partial charge in [0.25, 0.3) is 0 Å². The molecule has 2 aromatic heterocycles. The van der Waals surface area contributed by atoms with Gasteiger partial charge in [0, 0.05) is 49.3 Å². The molecule has 9 heteroatoms. The topological polar surface area (TPSA) is 129 Å². The Balaban J connectivity index is 1.31. The predicted octanol–water partition coefficient (Wildman–Crippen LogP) is 4.75. The Labute approximate surface area is 237 Å². The summed E-state index contributed by atoms with van der Waals surface area (Å²) in [6.45, 7) is 7.89. The van der Waals surface area contributed by atoms with Crippen molar-refractivity contribution in [3.63, 3.8) is 0 Å². The molecule has 1 saturated heterocycles. The second-order valence-electron chi connectivity index (χ2n) is 11.6. The van der Waals surface area contributed by atoms with Crippen LogP contribution < -0.4 is 10.6 Å². The van der Waals surface area contributed by atoms with Crippen molar-refractivity contribution in [3.8, 4) is 17.3 Å². The smallest absolute Gasteiger partial charge is 0.332 e. The maximum atomic E-state index is 11.0. The van der Waals surface area contributed by atoms with Gasteiger partial charge in [-0.2, -0.15) is 5.26 Å². The fourth-order valence-electron chi connectivity index (χ4n) is 5.63. The van der Waals surface area contributed by atoms with Gasteiger partial charge < -0.3 is 25.2 Å². The lowest BCUT2D eigenvalue weighted by molar-refractivity contribution is -0.149. The SMILES string of the molecule is Cc1cnc(CC2CCC(N[C@H](C)CO[C@H](C)C(=O)O)CC2)cc1-c1cccc(NCC2(C#N)CCOCC2)n1. The van der Waals surface area contributed by atoms with Crippen LogP contribution >= 0.6 is 0 Å². The highest BCUT2D eigenvalue weighted by molar-refractivity contribution is 5.71. The standard InChI is InChI=1S/C31H43N5O4/c1-21-17-33-26(15-24-7-9-25(10-8-24)35-22(2)18-40-23(3)30(37)38)16-27(21)28-5-4-6-29(36-28)34-20-31(19-32)11-13-39-14-12-31/h4-6,16-17,22-25,35H,7-15,18,20H2,1-3H3,(H,34,36)(H,37,38)/t22-,23-,24?,25?/m1/s1. The molecule has 2 aromatic rings. The first-order valence-corrected chi connectivity index (χ1v) is 14.5. The summed E-state index contributed by atoms with van der Waals surface area (Å²) in [4.78, 5) is 20.6. The van der Waals surface area contributed by atoms with Gasteiger partial charge >= 0.3 is 5.97 Å². The van der Waals surface area contributed by atoms with E-state index in [2.05, 4.69) is 29.7 Å². The number of nitriles is 1. The fraction of sp³-hybridized carbons (Fsp3) is 0.613. The van der Waals surface area contributed by atoms with Crippen LogP contribution in [0.4, 0.5) is 5.82 Å². The predicted molar refractivity (Wildman–Crippen MR) is 154 cm³/mol. The first-order valence-electron chi connectivity index (χ1n) is 14.5. The van der Waals surface area contributed by atoms with Crippen molar-refractivity contribution in [1.29, 1.82) is 5.26 Å². The number of hydrogen-bond acceptors (Lipinski definition) is 8. The van der Waals surface area contributed by atoms with Gasteiger partial charge in [0.15, 0.2) is 6.10 Å². The molecule has 1 saturated carbocycles. The van der Waals surface area contributed by atoms with Crippen LogP contribution in [0.3, 0.4) is 0 Å². The highest BCUT2D eigenvalue weighted by atomic mass is 16.5. The molecule has 0 amide bonds. The van der Waals surface area contributed by atoms with Crippen LogP contribution in [0.15, 0.2) is 30.5 Å². The van der Waals surface area contributed by atoms with Gasteiger partial charge in [-0.25, -0.2) is 9.78 Å². The fourth-order valence-corrected chi connectivity index (χ4v) is 5.63. The molecule has 1 aliphatic heterocycles. The number of aliphatic carboxylic acids is 1. The van der Waals surface area contributed by atoms with E-state index in [1.807, 2.05) is 31.3 Å². The zero-order valence-electron chi connectivity index (χ0n) is 24.0. The number of rotatable bonds is 12. The summed E-state index contributed by atoms with van der Waals surface area (Å²) in [6, 6.07) is 11.2. The van der Waals surface area contributed by atoms with E-state index in [4.69, 9.17) is 24.5 Å². The molecule has 1 aliphatic carbocycles. The number of hydrogen-bond donors (Lipinski definition) is 3. The summed E-state index contributed by atoms with van der Waals surface area (Å²) in [6.07, 6.45) is 8.03. The van der Waals surface area contributed by atoms with Gasteiger partial charge in [0.2, 0.25) is 0 Å². The quantitative estimate of drug-likeness (QED) is 0.343. The number of nitrogens with zero attached hydrogens (tertiary/aromatic N) is 3. The number of carbonyl (C=O) groups is 1. The van der Waals surface area contributed by atoms with Crippen LogP contribution in [0.25, 0.3) is 11.3 Å². The third-order valence-electron chi connectivity index (χ3n) is 8.29. The molecule has 0 radical (unpaired) electrons. The Hall–Kier alpha value is -3.06. The van der Waals surface area contributed by atoms with Crippen LogP contribution in [0, 0.1) is 29.6 Å². The monoisotopic (exact) mass is 549 g/mol. The first kappa shape index (κ1) is 29.9. The average Bonchev–Trinajstić information content (AvgIpc) is 2.97. The number of pyridine rings is 2. The van der Waals surface area contributed by atoms with Crippen LogP contribution in [-0.4, -0.2) is 65.6 Å². The summed E-state index contributed by atoms with van der Waals surface area (Å²) < 4.78 is 10.9. The Morgan fingerprint density at radius 2 is 2.00 bits per heavy atom. The maximum Gasteiger partial charge on any atom is 0.332 e. The molecule has 2 aliphatic rings. The molecule has 0 unspecified atom stereocenters. The summed E-state index contributed by atoms with van der Waals surface area (Å²) >= 11 is 0. The van der Waals surface area contributed by atoms with Gasteiger partial charge in [-0.15, -0.1) is 0 Å². The maximum absolute atomic E-state index is 11.0. The average molecular weight is 550 g/mol. The van der Waals surface area contributed by atoms with Gasteiger partial charge in [0.1, 0.15) is 5.82 Å². The molecule has 9 nitrogen and oxygen atoms in total. The van der Waals surface area contributed by atoms with E-state index in [0.717, 1.165) is 73.3 Å². The van der Waals surface area contributed by atoms with Gasteiger partial charge in [-0.1, -0.05) is 6.07 Å². The van der Waals surface area contributed by atoms with E-state index in [1.165, 1.54) is 0 Å². The van der Waals surface area contributed by atoms with Crippen LogP contribution in [0.5, 0.6) is 0 Å². The lowest BCUT2D eigenvalue weighted by Crippen LogP contribution is -2.42. The van der Waals surface area contributed by atoms with E-state index in [9.17, 15) is 10.1 Å². The third kappa shape index (κ3) is 8.23. The number of nitrogens with one attached hydrogen (secondary N) is 2. The molecular weight excluding hydrogens is 506 g/mol. The Morgan fingerprint density at radius 3 is 2.70 bits per heavy atom. The highest BCUT2D eigenvalue weighted by Crippen LogP contribution is 2.31. The number of aromatic nitrogens is 2. The number of aryl methyl sites for hydroxylation is 1. The van der Waals surface area contributed by atoms with Crippen molar-refractivity contribution < 1.29 is 19.4 Å². The summed E-state index contributed by atoms with van der Waals surface area (Å²) in [5, 5.41) is 25.8.